The van der Waals surface area contributed by atoms with Crippen LogP contribution in [-0.4, -0.2) is 42.5 Å². The van der Waals surface area contributed by atoms with Gasteiger partial charge in [0.05, 0.1) is 12.1 Å². The van der Waals surface area contributed by atoms with Gasteiger partial charge in [0.1, 0.15) is 11.6 Å². The van der Waals surface area contributed by atoms with E-state index in [2.05, 4.69) is 20.5 Å². The minimum Gasteiger partial charge on any atom is -0.337 e. The molecule has 1 atom stereocenters. The minimum atomic E-state index is -0.116. The van der Waals surface area contributed by atoms with Gasteiger partial charge in [-0.15, -0.1) is 5.10 Å². The van der Waals surface area contributed by atoms with E-state index in [1.165, 1.54) is 0 Å². The molecule has 3 aromatic rings. The van der Waals surface area contributed by atoms with E-state index in [1.807, 2.05) is 43.0 Å². The van der Waals surface area contributed by atoms with Crippen molar-refractivity contribution in [3.63, 3.8) is 0 Å². The van der Waals surface area contributed by atoms with Crippen LogP contribution in [0.15, 0.2) is 28.8 Å². The van der Waals surface area contributed by atoms with E-state index >= 15 is 0 Å². The van der Waals surface area contributed by atoms with Crippen molar-refractivity contribution in [3.05, 3.63) is 36.0 Å². The van der Waals surface area contributed by atoms with Crippen LogP contribution in [0.4, 0.5) is 0 Å². The Morgan fingerprint density at radius 2 is 2.19 bits per heavy atom. The van der Waals surface area contributed by atoms with Crippen molar-refractivity contribution in [1.82, 2.24) is 30.0 Å². The second kappa shape index (κ2) is 6.86. The molecule has 1 fully saturated rings. The van der Waals surface area contributed by atoms with Crippen molar-refractivity contribution in [2.75, 3.05) is 6.54 Å². The molecule has 1 aliphatic rings. The summed E-state index contributed by atoms with van der Waals surface area (Å²) in [6.45, 7) is 5.27. The number of nitrogens with zero attached hydrogens (tertiary/aromatic N) is 6. The Hall–Kier alpha value is -2.77. The van der Waals surface area contributed by atoms with E-state index in [4.69, 9.17) is 4.52 Å². The van der Waals surface area contributed by atoms with E-state index in [0.717, 1.165) is 30.4 Å². The Morgan fingerprint density at radius 3 is 3.00 bits per heavy atom. The van der Waals surface area contributed by atoms with Gasteiger partial charge in [-0.05, 0) is 25.0 Å². The average Bonchev–Trinajstić information content (AvgIpc) is 3.37. The maximum Gasteiger partial charge on any atom is 0.249 e. The number of carbonyl (C=O) groups is 1. The van der Waals surface area contributed by atoms with Gasteiger partial charge in [-0.3, -0.25) is 4.79 Å². The number of aromatic nitrogens is 5. The van der Waals surface area contributed by atoms with Crippen LogP contribution in [0.5, 0.6) is 0 Å². The molecule has 8 heteroatoms. The average molecular weight is 354 g/mol. The summed E-state index contributed by atoms with van der Waals surface area (Å²) in [5.41, 5.74) is 1.78. The molecule has 0 bridgehead atoms. The number of rotatable bonds is 5. The molecule has 0 N–H and O–H groups in total. The highest BCUT2D eigenvalue weighted by Gasteiger charge is 2.34. The summed E-state index contributed by atoms with van der Waals surface area (Å²) in [5, 5.41) is 12.3. The smallest absolute Gasteiger partial charge is 0.249 e. The first-order valence-electron chi connectivity index (χ1n) is 9.04. The van der Waals surface area contributed by atoms with E-state index in [9.17, 15) is 4.79 Å². The zero-order chi connectivity index (χ0) is 18.1. The van der Waals surface area contributed by atoms with Crippen molar-refractivity contribution in [3.8, 4) is 0 Å². The first-order chi connectivity index (χ1) is 12.6. The molecule has 8 nitrogen and oxygen atoms in total. The van der Waals surface area contributed by atoms with Gasteiger partial charge in [0.15, 0.2) is 5.82 Å². The van der Waals surface area contributed by atoms with Gasteiger partial charge in [0, 0.05) is 18.9 Å². The fraction of sp³-hybridized carbons (Fsp3) is 0.500. The molecule has 0 aliphatic carbocycles. The third kappa shape index (κ3) is 3.07. The lowest BCUT2D eigenvalue weighted by atomic mass is 10.2. The van der Waals surface area contributed by atoms with Crippen LogP contribution >= 0.6 is 0 Å². The van der Waals surface area contributed by atoms with Gasteiger partial charge >= 0.3 is 0 Å². The third-order valence-corrected chi connectivity index (χ3v) is 4.79. The number of fused-ring (bicyclic) bond motifs is 1. The summed E-state index contributed by atoms with van der Waals surface area (Å²) in [6.07, 6.45) is 2.18. The summed E-state index contributed by atoms with van der Waals surface area (Å²) in [5.74, 6) is 1.52. The molecule has 0 spiro atoms. The van der Waals surface area contributed by atoms with Gasteiger partial charge in [-0.25, -0.2) is 4.68 Å². The summed E-state index contributed by atoms with van der Waals surface area (Å²) in [6, 6.07) is 7.64. The Balaban J connectivity index is 1.45. The normalized spacial score (nSPS) is 17.5. The number of amides is 1. The van der Waals surface area contributed by atoms with Gasteiger partial charge in [-0.2, -0.15) is 4.98 Å². The molecule has 26 heavy (non-hydrogen) atoms. The molecular weight excluding hydrogens is 332 g/mol. The van der Waals surface area contributed by atoms with Crippen LogP contribution in [0.3, 0.4) is 0 Å². The lowest BCUT2D eigenvalue weighted by Crippen LogP contribution is -2.31. The molecule has 3 heterocycles. The van der Waals surface area contributed by atoms with Crippen molar-refractivity contribution in [2.45, 2.75) is 51.6 Å². The summed E-state index contributed by atoms with van der Waals surface area (Å²) in [7, 11) is 0. The number of para-hydroxylation sites is 1. The maximum absolute atomic E-state index is 12.8. The van der Waals surface area contributed by atoms with Gasteiger partial charge < -0.3 is 9.42 Å². The summed E-state index contributed by atoms with van der Waals surface area (Å²) < 4.78 is 7.20. The highest BCUT2D eigenvalue weighted by atomic mass is 16.5. The van der Waals surface area contributed by atoms with Crippen LogP contribution in [0.25, 0.3) is 11.0 Å². The number of hydrogen-bond donors (Lipinski definition) is 0. The lowest BCUT2D eigenvalue weighted by Gasteiger charge is -2.21. The molecule has 0 saturated carbocycles. The molecule has 2 aromatic heterocycles. The second-order valence-electron chi connectivity index (χ2n) is 6.94. The second-order valence-corrected chi connectivity index (χ2v) is 6.94. The first kappa shape index (κ1) is 16.7. The molecule has 136 valence electrons. The topological polar surface area (TPSA) is 89.9 Å². The molecule has 1 amide bonds. The van der Waals surface area contributed by atoms with Crippen molar-refractivity contribution in [1.29, 1.82) is 0 Å². The number of carbonyl (C=O) groups excluding carboxylic acids is 1. The molecule has 1 saturated heterocycles. The predicted molar refractivity (Wildman–Crippen MR) is 94.2 cm³/mol. The first-order valence-corrected chi connectivity index (χ1v) is 9.04. The van der Waals surface area contributed by atoms with Crippen molar-refractivity contribution < 1.29 is 9.32 Å². The maximum atomic E-state index is 12.8. The Morgan fingerprint density at radius 1 is 1.35 bits per heavy atom. The highest BCUT2D eigenvalue weighted by Crippen LogP contribution is 2.32. The molecule has 0 radical (unpaired) electrons. The van der Waals surface area contributed by atoms with E-state index < -0.39 is 0 Å². The number of likely N-dealkylation sites (tertiary alicyclic amines) is 1. The molecular formula is C18H22N6O2. The number of hydrogen-bond acceptors (Lipinski definition) is 6. The van der Waals surface area contributed by atoms with Crippen molar-refractivity contribution in [2.24, 2.45) is 0 Å². The molecule has 0 unspecified atom stereocenters. The quantitative estimate of drug-likeness (QED) is 0.700. The van der Waals surface area contributed by atoms with E-state index in [0.29, 0.717) is 24.7 Å². The van der Waals surface area contributed by atoms with E-state index in [-0.39, 0.29) is 17.9 Å². The Kier molecular flexibility index (Phi) is 4.40. The largest absolute Gasteiger partial charge is 0.337 e. The molecule has 4 rings (SSSR count). The standard InChI is InChI=1S/C18H22N6O2/c1-12(2)17-19-18(26-21-17)15-8-5-10-23(15)16(25)9-11-24-14-7-4-3-6-13(14)20-22-24/h3-4,6-7,12,15H,5,8-11H2,1-2H3/t15-/m0/s1. The third-order valence-electron chi connectivity index (χ3n) is 4.79. The fourth-order valence-corrected chi connectivity index (χ4v) is 3.37. The molecule has 1 aromatic carbocycles. The van der Waals surface area contributed by atoms with Gasteiger partial charge in [-0.1, -0.05) is 36.4 Å². The van der Waals surface area contributed by atoms with Crippen molar-refractivity contribution >= 4 is 16.9 Å². The van der Waals surface area contributed by atoms with Crippen LogP contribution in [0.2, 0.25) is 0 Å². The van der Waals surface area contributed by atoms with Gasteiger partial charge in [0.2, 0.25) is 11.8 Å². The van der Waals surface area contributed by atoms with Crippen LogP contribution < -0.4 is 0 Å². The monoisotopic (exact) mass is 354 g/mol. The predicted octanol–water partition coefficient (Wildman–Crippen LogP) is 2.69. The SMILES string of the molecule is CC(C)c1noc([C@@H]2CCCN2C(=O)CCn2nnc3ccccc32)n1. The number of aryl methyl sites for hydroxylation is 1. The van der Waals surface area contributed by atoms with Crippen LogP contribution in [0, 0.1) is 0 Å². The zero-order valence-corrected chi connectivity index (χ0v) is 15.0. The zero-order valence-electron chi connectivity index (χ0n) is 15.0. The fourth-order valence-electron chi connectivity index (χ4n) is 3.37. The summed E-state index contributed by atoms with van der Waals surface area (Å²) in [4.78, 5) is 19.1. The molecule has 1 aliphatic heterocycles. The summed E-state index contributed by atoms with van der Waals surface area (Å²) >= 11 is 0. The van der Waals surface area contributed by atoms with E-state index in [1.54, 1.807) is 4.68 Å². The minimum absolute atomic E-state index is 0.0800. The lowest BCUT2D eigenvalue weighted by molar-refractivity contribution is -0.132. The highest BCUT2D eigenvalue weighted by molar-refractivity contribution is 5.77. The Labute approximate surface area is 151 Å². The van der Waals surface area contributed by atoms with Crippen LogP contribution in [-0.2, 0) is 11.3 Å². The van der Waals surface area contributed by atoms with Gasteiger partial charge in [0.25, 0.3) is 0 Å². The van der Waals surface area contributed by atoms with Crippen LogP contribution in [0.1, 0.15) is 56.8 Å². The number of benzene rings is 1. The Bertz CT molecular complexity index is 915.